The average molecular weight is 647 g/mol. The van der Waals surface area contributed by atoms with Gasteiger partial charge in [-0.15, -0.1) is 0 Å². The first-order chi connectivity index (χ1) is 22.3. The number of carbonyl (C=O) groups excluding carboxylic acids is 2. The lowest BCUT2D eigenvalue weighted by molar-refractivity contribution is -0.142. The second-order valence-corrected chi connectivity index (χ2v) is 12.6. The van der Waals surface area contributed by atoms with E-state index in [0.717, 1.165) is 11.1 Å². The number of halogens is 1. The van der Waals surface area contributed by atoms with Crippen LogP contribution in [-0.4, -0.2) is 73.4 Å². The number of benzene rings is 3. The number of rotatable bonds is 13. The van der Waals surface area contributed by atoms with Gasteiger partial charge in [0.15, 0.2) is 6.61 Å². The van der Waals surface area contributed by atoms with E-state index in [2.05, 4.69) is 10.3 Å². The van der Waals surface area contributed by atoms with Crippen LogP contribution >= 0.6 is 0 Å². The summed E-state index contributed by atoms with van der Waals surface area (Å²) >= 11 is 0. The highest BCUT2D eigenvalue weighted by molar-refractivity contribution is 7.89. The summed E-state index contributed by atoms with van der Waals surface area (Å²) in [7, 11) is -3.69. The van der Waals surface area contributed by atoms with Crippen LogP contribution in [0.4, 0.5) is 4.39 Å². The number of pyridine rings is 1. The highest BCUT2D eigenvalue weighted by atomic mass is 32.2. The van der Waals surface area contributed by atoms with Crippen LogP contribution in [0.15, 0.2) is 108 Å². The maximum Gasteiger partial charge on any atom is 0.261 e. The SMILES string of the molecule is O=C(NCc1ccncc1)C(Cc1ccccc1)N(Cc1ccc(F)cc1)C(=O)COc1ccc(S(=O)(=O)N2CCOCC2)cc1. The largest absolute Gasteiger partial charge is 0.484 e. The monoisotopic (exact) mass is 646 g/mol. The third-order valence-corrected chi connectivity index (χ3v) is 9.46. The van der Waals surface area contributed by atoms with Crippen molar-refractivity contribution in [1.29, 1.82) is 0 Å². The van der Waals surface area contributed by atoms with Crippen LogP contribution in [0.25, 0.3) is 0 Å². The lowest BCUT2D eigenvalue weighted by Crippen LogP contribution is -2.51. The lowest BCUT2D eigenvalue weighted by atomic mass is 10.0. The Hall–Kier alpha value is -4.65. The Kier molecular flexibility index (Phi) is 11.1. The Morgan fingerprint density at radius 1 is 0.891 bits per heavy atom. The Morgan fingerprint density at radius 2 is 1.57 bits per heavy atom. The normalized spacial score (nSPS) is 14.3. The van der Waals surface area contributed by atoms with Gasteiger partial charge in [-0.25, -0.2) is 12.8 Å². The number of hydrogen-bond acceptors (Lipinski definition) is 7. The second-order valence-electron chi connectivity index (χ2n) is 10.7. The van der Waals surface area contributed by atoms with Gasteiger partial charge in [0.1, 0.15) is 17.6 Å². The summed E-state index contributed by atoms with van der Waals surface area (Å²) in [5, 5.41) is 2.94. The molecule has 1 saturated heterocycles. The number of aromatic nitrogens is 1. The number of amides is 2. The molecule has 0 spiro atoms. The van der Waals surface area contributed by atoms with Gasteiger partial charge >= 0.3 is 0 Å². The molecule has 1 atom stereocenters. The van der Waals surface area contributed by atoms with E-state index >= 15 is 0 Å². The summed E-state index contributed by atoms with van der Waals surface area (Å²) in [5.41, 5.74) is 2.33. The molecule has 10 nitrogen and oxygen atoms in total. The highest BCUT2D eigenvalue weighted by Crippen LogP contribution is 2.21. The highest BCUT2D eigenvalue weighted by Gasteiger charge is 2.31. The van der Waals surface area contributed by atoms with Crippen LogP contribution in [-0.2, 0) is 43.9 Å². The molecule has 1 aromatic heterocycles. The van der Waals surface area contributed by atoms with Crippen molar-refractivity contribution in [1.82, 2.24) is 19.5 Å². The minimum Gasteiger partial charge on any atom is -0.484 e. The summed E-state index contributed by atoms with van der Waals surface area (Å²) in [5.74, 6) is -0.971. The summed E-state index contributed by atoms with van der Waals surface area (Å²) in [6, 6.07) is 23.6. The van der Waals surface area contributed by atoms with Gasteiger partial charge in [0.2, 0.25) is 15.9 Å². The van der Waals surface area contributed by atoms with Crippen molar-refractivity contribution < 1.29 is 31.9 Å². The maximum atomic E-state index is 13.9. The molecule has 0 saturated carbocycles. The molecular formula is C34H35FN4O6S. The molecule has 1 unspecified atom stereocenters. The fourth-order valence-corrected chi connectivity index (χ4v) is 6.43. The van der Waals surface area contributed by atoms with Crippen LogP contribution in [0, 0.1) is 5.82 Å². The van der Waals surface area contributed by atoms with Gasteiger partial charge in [0.25, 0.3) is 5.91 Å². The molecule has 1 aliphatic rings. The molecule has 0 aliphatic carbocycles. The summed E-state index contributed by atoms with van der Waals surface area (Å²) in [6.45, 7) is 1.08. The van der Waals surface area contributed by atoms with Gasteiger partial charge in [0.05, 0.1) is 18.1 Å². The Balaban J connectivity index is 1.35. The van der Waals surface area contributed by atoms with Crippen LogP contribution in [0.2, 0.25) is 0 Å². The molecule has 2 heterocycles. The zero-order valence-corrected chi connectivity index (χ0v) is 25.9. The predicted molar refractivity (Wildman–Crippen MR) is 168 cm³/mol. The van der Waals surface area contributed by atoms with Crippen LogP contribution in [0.5, 0.6) is 5.75 Å². The molecule has 1 fully saturated rings. The van der Waals surface area contributed by atoms with Gasteiger partial charge in [-0.1, -0.05) is 42.5 Å². The fraction of sp³-hybridized carbons (Fsp3) is 0.265. The quantitative estimate of drug-likeness (QED) is 0.236. The Bertz CT molecular complexity index is 1690. The zero-order chi connectivity index (χ0) is 32.4. The standard InChI is InChI=1S/C34H35FN4O6S/c35-29-8-6-28(7-9-29)24-39(32(22-26-4-2-1-3-5-26)34(41)37-23-27-14-16-36-17-15-27)33(40)25-45-30-10-12-31(13-11-30)46(42,43)38-18-20-44-21-19-38/h1-17,32H,18-25H2,(H,37,41). The summed E-state index contributed by atoms with van der Waals surface area (Å²) in [4.78, 5) is 33.2. The van der Waals surface area contributed by atoms with Crippen molar-refractivity contribution in [3.05, 3.63) is 126 Å². The average Bonchev–Trinajstić information content (AvgIpc) is 3.10. The molecule has 12 heteroatoms. The second kappa shape index (κ2) is 15.6. The van der Waals surface area contributed by atoms with Crippen molar-refractivity contribution in [2.45, 2.75) is 30.4 Å². The van der Waals surface area contributed by atoms with Crippen LogP contribution < -0.4 is 10.1 Å². The molecule has 3 aromatic carbocycles. The number of nitrogens with one attached hydrogen (secondary N) is 1. The molecule has 46 heavy (non-hydrogen) atoms. The number of morpholine rings is 1. The van der Waals surface area contributed by atoms with E-state index in [-0.39, 0.29) is 49.2 Å². The van der Waals surface area contributed by atoms with E-state index in [0.29, 0.717) is 18.8 Å². The van der Waals surface area contributed by atoms with Crippen molar-refractivity contribution in [3.63, 3.8) is 0 Å². The molecule has 1 aliphatic heterocycles. The number of ether oxygens (including phenoxy) is 2. The minimum absolute atomic E-state index is 0.0272. The van der Waals surface area contributed by atoms with Crippen molar-refractivity contribution in [3.8, 4) is 5.75 Å². The van der Waals surface area contributed by atoms with E-state index in [9.17, 15) is 22.4 Å². The van der Waals surface area contributed by atoms with E-state index in [1.807, 2.05) is 30.3 Å². The van der Waals surface area contributed by atoms with Gasteiger partial charge in [0, 0.05) is 45.0 Å². The zero-order valence-electron chi connectivity index (χ0n) is 25.1. The van der Waals surface area contributed by atoms with Crippen LogP contribution in [0.1, 0.15) is 16.7 Å². The van der Waals surface area contributed by atoms with Crippen molar-refractivity contribution in [2.75, 3.05) is 32.9 Å². The third-order valence-electron chi connectivity index (χ3n) is 7.55. The molecule has 0 radical (unpaired) electrons. The number of sulfonamides is 1. The Labute approximate surface area is 267 Å². The molecule has 0 bridgehead atoms. The van der Waals surface area contributed by atoms with E-state index in [1.54, 1.807) is 36.7 Å². The van der Waals surface area contributed by atoms with Gasteiger partial charge < -0.3 is 19.7 Å². The van der Waals surface area contributed by atoms with Gasteiger partial charge in [-0.3, -0.25) is 14.6 Å². The minimum atomic E-state index is -3.69. The molecule has 4 aromatic rings. The number of carbonyl (C=O) groups is 2. The van der Waals surface area contributed by atoms with Crippen LogP contribution in [0.3, 0.4) is 0 Å². The molecule has 2 amide bonds. The molecule has 1 N–H and O–H groups in total. The first kappa shape index (κ1) is 32.7. The Morgan fingerprint density at radius 3 is 2.24 bits per heavy atom. The van der Waals surface area contributed by atoms with E-state index in [1.165, 1.54) is 45.6 Å². The van der Waals surface area contributed by atoms with Gasteiger partial charge in [-0.05, 0) is 65.2 Å². The van der Waals surface area contributed by atoms with E-state index in [4.69, 9.17) is 9.47 Å². The molecular weight excluding hydrogens is 611 g/mol. The van der Waals surface area contributed by atoms with E-state index < -0.39 is 34.4 Å². The molecule has 240 valence electrons. The first-order valence-electron chi connectivity index (χ1n) is 14.8. The lowest BCUT2D eigenvalue weighted by Gasteiger charge is -2.31. The maximum absolute atomic E-state index is 13.9. The summed E-state index contributed by atoms with van der Waals surface area (Å²) in [6.07, 6.45) is 3.49. The topological polar surface area (TPSA) is 118 Å². The first-order valence-corrected chi connectivity index (χ1v) is 16.3. The molecule has 5 rings (SSSR count). The van der Waals surface area contributed by atoms with Crippen molar-refractivity contribution in [2.24, 2.45) is 0 Å². The summed E-state index contributed by atoms with van der Waals surface area (Å²) < 4.78 is 52.1. The number of nitrogens with zero attached hydrogens (tertiary/aromatic N) is 3. The van der Waals surface area contributed by atoms with Crippen molar-refractivity contribution >= 4 is 21.8 Å². The third kappa shape index (κ3) is 8.75. The fourth-order valence-electron chi connectivity index (χ4n) is 5.02. The van der Waals surface area contributed by atoms with Gasteiger partial charge in [-0.2, -0.15) is 4.31 Å². The number of hydrogen-bond donors (Lipinski definition) is 1. The predicted octanol–water partition coefficient (Wildman–Crippen LogP) is 3.58. The smallest absolute Gasteiger partial charge is 0.261 e.